The molecular weight excluding hydrogens is 477 g/mol. The lowest BCUT2D eigenvalue weighted by atomic mass is 10.1. The number of thioether (sulfide) groups is 1. The Kier molecular flexibility index (Phi) is 7.24. The Morgan fingerprint density at radius 2 is 1.82 bits per heavy atom. The maximum atomic E-state index is 13.1. The summed E-state index contributed by atoms with van der Waals surface area (Å²) in [5, 5.41) is 14.6. The van der Waals surface area contributed by atoms with Gasteiger partial charge in [-0.3, -0.25) is 14.2 Å². The first-order valence-electron chi connectivity index (χ1n) is 10.2. The molecule has 0 saturated heterocycles. The van der Waals surface area contributed by atoms with Gasteiger partial charge in [0.2, 0.25) is 5.91 Å². The number of hydrogen-bond acceptors (Lipinski definition) is 5. The van der Waals surface area contributed by atoms with Crippen LogP contribution >= 0.6 is 23.4 Å². The van der Waals surface area contributed by atoms with Crippen molar-refractivity contribution in [2.45, 2.75) is 12.1 Å². The molecule has 3 aromatic carbocycles. The Balaban J connectivity index is 1.42. The second-order valence-corrected chi connectivity index (χ2v) is 8.61. The molecule has 1 aromatic heterocycles. The van der Waals surface area contributed by atoms with Gasteiger partial charge in [-0.25, -0.2) is 4.39 Å². The minimum Gasteiger partial charge on any atom is -0.325 e. The molecule has 172 valence electrons. The number of halogens is 2. The maximum Gasteiger partial charge on any atom is 0.257 e. The van der Waals surface area contributed by atoms with Crippen LogP contribution < -0.4 is 10.6 Å². The van der Waals surface area contributed by atoms with E-state index in [1.807, 2.05) is 19.1 Å². The van der Waals surface area contributed by atoms with E-state index in [2.05, 4.69) is 20.8 Å². The average molecular weight is 496 g/mol. The number of para-hydroxylation sites is 1. The van der Waals surface area contributed by atoms with Crippen molar-refractivity contribution in [1.82, 2.24) is 14.8 Å². The summed E-state index contributed by atoms with van der Waals surface area (Å²) in [6, 6.07) is 17.7. The predicted molar refractivity (Wildman–Crippen MR) is 131 cm³/mol. The lowest BCUT2D eigenvalue weighted by Gasteiger charge is -2.12. The molecule has 0 aliphatic rings. The van der Waals surface area contributed by atoms with Crippen LogP contribution in [0.3, 0.4) is 0 Å². The summed E-state index contributed by atoms with van der Waals surface area (Å²) in [5.74, 6) is -1.09. The standard InChI is InChI=1S/C24H19ClFN5O2S/c1-15-6-11-18(12-20(15)25)31-14-27-30-24(31)34-13-22(32)29-21-5-3-2-4-19(21)23(33)28-17-9-7-16(26)8-10-17/h2-12,14H,13H2,1H3,(H,28,33)(H,29,32). The van der Waals surface area contributed by atoms with Crippen LogP contribution in [0.1, 0.15) is 15.9 Å². The van der Waals surface area contributed by atoms with Gasteiger partial charge in [0.15, 0.2) is 5.16 Å². The van der Waals surface area contributed by atoms with E-state index >= 15 is 0 Å². The summed E-state index contributed by atoms with van der Waals surface area (Å²) < 4.78 is 14.8. The van der Waals surface area contributed by atoms with E-state index in [4.69, 9.17) is 11.6 Å². The van der Waals surface area contributed by atoms with Crippen molar-refractivity contribution in [2.75, 3.05) is 16.4 Å². The van der Waals surface area contributed by atoms with Crippen molar-refractivity contribution in [3.8, 4) is 5.69 Å². The summed E-state index contributed by atoms with van der Waals surface area (Å²) in [4.78, 5) is 25.3. The van der Waals surface area contributed by atoms with Crippen LogP contribution in [0, 0.1) is 12.7 Å². The summed E-state index contributed by atoms with van der Waals surface area (Å²) in [5.41, 5.74) is 2.82. The Bertz CT molecular complexity index is 1340. The quantitative estimate of drug-likeness (QED) is 0.337. The Morgan fingerprint density at radius 3 is 2.59 bits per heavy atom. The Labute approximate surface area is 204 Å². The lowest BCUT2D eigenvalue weighted by Crippen LogP contribution is -2.19. The van der Waals surface area contributed by atoms with Crippen molar-refractivity contribution >= 4 is 46.6 Å². The van der Waals surface area contributed by atoms with Crippen molar-refractivity contribution in [3.63, 3.8) is 0 Å². The van der Waals surface area contributed by atoms with Crippen molar-refractivity contribution < 1.29 is 14.0 Å². The summed E-state index contributed by atoms with van der Waals surface area (Å²) in [7, 11) is 0. The van der Waals surface area contributed by atoms with E-state index in [9.17, 15) is 14.0 Å². The number of nitrogens with zero attached hydrogens (tertiary/aromatic N) is 3. The molecule has 0 spiro atoms. The first-order chi connectivity index (χ1) is 16.4. The largest absolute Gasteiger partial charge is 0.325 e. The van der Waals surface area contributed by atoms with Gasteiger partial charge in [-0.1, -0.05) is 41.6 Å². The van der Waals surface area contributed by atoms with Crippen molar-refractivity contribution in [2.24, 2.45) is 0 Å². The van der Waals surface area contributed by atoms with Crippen LogP contribution in [-0.4, -0.2) is 32.3 Å². The number of amides is 2. The zero-order chi connectivity index (χ0) is 24.1. The number of carbonyl (C=O) groups is 2. The maximum absolute atomic E-state index is 13.1. The molecule has 1 heterocycles. The van der Waals surface area contributed by atoms with E-state index in [0.29, 0.717) is 21.6 Å². The third-order valence-electron chi connectivity index (χ3n) is 4.83. The highest BCUT2D eigenvalue weighted by molar-refractivity contribution is 7.99. The fourth-order valence-corrected chi connectivity index (χ4v) is 3.97. The van der Waals surface area contributed by atoms with Gasteiger partial charge in [-0.05, 0) is 61.0 Å². The van der Waals surface area contributed by atoms with Crippen molar-refractivity contribution in [1.29, 1.82) is 0 Å². The van der Waals surface area contributed by atoms with Gasteiger partial charge in [0.25, 0.3) is 5.91 Å². The molecule has 4 aromatic rings. The molecular formula is C24H19ClFN5O2S. The summed E-state index contributed by atoms with van der Waals surface area (Å²) >= 11 is 7.43. The fraction of sp³-hybridized carbons (Fsp3) is 0.0833. The molecule has 0 unspecified atom stereocenters. The topological polar surface area (TPSA) is 88.9 Å². The lowest BCUT2D eigenvalue weighted by molar-refractivity contribution is -0.113. The fourth-order valence-electron chi connectivity index (χ4n) is 3.07. The smallest absolute Gasteiger partial charge is 0.257 e. The average Bonchev–Trinajstić information content (AvgIpc) is 3.30. The highest BCUT2D eigenvalue weighted by Crippen LogP contribution is 2.24. The molecule has 2 N–H and O–H groups in total. The zero-order valence-corrected chi connectivity index (χ0v) is 19.5. The van der Waals surface area contributed by atoms with Gasteiger partial charge in [0, 0.05) is 10.7 Å². The third kappa shape index (κ3) is 5.62. The van der Waals surface area contributed by atoms with Gasteiger partial charge in [-0.15, -0.1) is 10.2 Å². The summed E-state index contributed by atoms with van der Waals surface area (Å²) in [6.45, 7) is 1.91. The second-order valence-electron chi connectivity index (χ2n) is 7.26. The van der Waals surface area contributed by atoms with Gasteiger partial charge in [0.05, 0.1) is 22.7 Å². The molecule has 2 amide bonds. The van der Waals surface area contributed by atoms with E-state index in [0.717, 1.165) is 11.3 Å². The molecule has 34 heavy (non-hydrogen) atoms. The molecule has 0 fully saturated rings. The molecule has 0 saturated carbocycles. The van der Waals surface area contributed by atoms with E-state index in [1.165, 1.54) is 36.0 Å². The minimum absolute atomic E-state index is 0.0478. The Morgan fingerprint density at radius 1 is 1.06 bits per heavy atom. The van der Waals surface area contributed by atoms with Crippen LogP contribution in [-0.2, 0) is 4.79 Å². The molecule has 0 aliphatic carbocycles. The van der Waals surface area contributed by atoms with Gasteiger partial charge < -0.3 is 10.6 Å². The van der Waals surface area contributed by atoms with E-state index in [1.54, 1.807) is 41.2 Å². The van der Waals surface area contributed by atoms with E-state index in [-0.39, 0.29) is 17.2 Å². The van der Waals surface area contributed by atoms with Crippen LogP contribution in [0.15, 0.2) is 78.2 Å². The SMILES string of the molecule is Cc1ccc(-n2cnnc2SCC(=O)Nc2ccccc2C(=O)Nc2ccc(F)cc2)cc1Cl. The van der Waals surface area contributed by atoms with Crippen LogP contribution in [0.25, 0.3) is 5.69 Å². The number of hydrogen-bond donors (Lipinski definition) is 2. The number of aryl methyl sites for hydroxylation is 1. The molecule has 0 atom stereocenters. The van der Waals surface area contributed by atoms with Gasteiger partial charge >= 0.3 is 0 Å². The Hall–Kier alpha value is -3.69. The molecule has 0 bridgehead atoms. The highest BCUT2D eigenvalue weighted by Gasteiger charge is 2.15. The zero-order valence-electron chi connectivity index (χ0n) is 18.0. The normalized spacial score (nSPS) is 10.7. The number of carbonyl (C=O) groups excluding carboxylic acids is 2. The molecule has 0 radical (unpaired) electrons. The van der Waals surface area contributed by atoms with Crippen LogP contribution in [0.5, 0.6) is 0 Å². The monoisotopic (exact) mass is 495 g/mol. The van der Waals surface area contributed by atoms with E-state index < -0.39 is 11.7 Å². The van der Waals surface area contributed by atoms with Crippen molar-refractivity contribution in [3.05, 3.63) is 95.0 Å². The first-order valence-corrected chi connectivity index (χ1v) is 11.5. The second kappa shape index (κ2) is 10.5. The number of rotatable bonds is 7. The predicted octanol–water partition coefficient (Wildman–Crippen LogP) is 5.35. The van der Waals surface area contributed by atoms with Crippen LogP contribution in [0.2, 0.25) is 5.02 Å². The third-order valence-corrected chi connectivity index (χ3v) is 6.18. The van der Waals surface area contributed by atoms with Crippen LogP contribution in [0.4, 0.5) is 15.8 Å². The van der Waals surface area contributed by atoms with Gasteiger partial charge in [0.1, 0.15) is 12.1 Å². The highest BCUT2D eigenvalue weighted by atomic mass is 35.5. The summed E-state index contributed by atoms with van der Waals surface area (Å²) in [6.07, 6.45) is 1.55. The number of aromatic nitrogens is 3. The molecule has 4 rings (SSSR count). The van der Waals surface area contributed by atoms with Gasteiger partial charge in [-0.2, -0.15) is 0 Å². The first kappa shape index (κ1) is 23.5. The number of anilines is 2. The molecule has 7 nitrogen and oxygen atoms in total. The number of nitrogens with one attached hydrogen (secondary N) is 2. The number of benzene rings is 3. The molecule has 10 heteroatoms. The minimum atomic E-state index is -0.425. The molecule has 0 aliphatic heterocycles.